The Kier molecular flexibility index (Phi) is 4.56. The van der Waals surface area contributed by atoms with Gasteiger partial charge in [0, 0.05) is 24.4 Å². The van der Waals surface area contributed by atoms with Gasteiger partial charge in [-0.2, -0.15) is 0 Å². The summed E-state index contributed by atoms with van der Waals surface area (Å²) in [5.74, 6) is 0.307. The van der Waals surface area contributed by atoms with Gasteiger partial charge in [0.25, 0.3) is 0 Å². The molecule has 4 nitrogen and oxygen atoms in total. The SMILES string of the molecule is COC(=O)C1(OC)C=CC(CBr)=C(OC)C1. The fourth-order valence-electron chi connectivity index (χ4n) is 1.60. The third kappa shape index (κ3) is 2.30. The Balaban J connectivity index is 3.02. The van der Waals surface area contributed by atoms with Crippen LogP contribution in [0.5, 0.6) is 0 Å². The summed E-state index contributed by atoms with van der Waals surface area (Å²) < 4.78 is 15.3. The molecule has 1 atom stereocenters. The first-order valence-electron chi connectivity index (χ1n) is 4.78. The van der Waals surface area contributed by atoms with Crippen molar-refractivity contribution >= 4 is 21.9 Å². The van der Waals surface area contributed by atoms with Gasteiger partial charge < -0.3 is 14.2 Å². The van der Waals surface area contributed by atoms with Crippen LogP contribution in [0.25, 0.3) is 0 Å². The van der Waals surface area contributed by atoms with Crippen LogP contribution in [-0.4, -0.2) is 38.2 Å². The number of hydrogen-bond donors (Lipinski definition) is 0. The number of alkyl halides is 1. The topological polar surface area (TPSA) is 44.8 Å². The number of carbonyl (C=O) groups is 1. The van der Waals surface area contributed by atoms with E-state index in [1.54, 1.807) is 13.2 Å². The Hall–Kier alpha value is -0.810. The lowest BCUT2D eigenvalue weighted by Gasteiger charge is -2.30. The average Bonchev–Trinajstić information content (AvgIpc) is 2.36. The summed E-state index contributed by atoms with van der Waals surface area (Å²) in [6, 6.07) is 0. The molecule has 0 aromatic rings. The summed E-state index contributed by atoms with van der Waals surface area (Å²) in [5.41, 5.74) is -0.0646. The molecular formula is C11H15BrO4. The van der Waals surface area contributed by atoms with Gasteiger partial charge in [-0.3, -0.25) is 0 Å². The summed E-state index contributed by atoms with van der Waals surface area (Å²) >= 11 is 3.36. The van der Waals surface area contributed by atoms with Gasteiger partial charge in [-0.05, 0) is 6.08 Å². The van der Waals surface area contributed by atoms with Gasteiger partial charge in [-0.15, -0.1) is 0 Å². The minimum atomic E-state index is -1.06. The van der Waals surface area contributed by atoms with Crippen molar-refractivity contribution in [2.75, 3.05) is 26.7 Å². The zero-order valence-electron chi connectivity index (χ0n) is 9.58. The molecule has 0 saturated carbocycles. The van der Waals surface area contributed by atoms with Crippen molar-refractivity contribution in [1.29, 1.82) is 0 Å². The van der Waals surface area contributed by atoms with Crippen molar-refractivity contribution < 1.29 is 19.0 Å². The molecule has 1 unspecified atom stereocenters. The monoisotopic (exact) mass is 290 g/mol. The van der Waals surface area contributed by atoms with E-state index < -0.39 is 11.6 Å². The van der Waals surface area contributed by atoms with Crippen molar-refractivity contribution in [3.05, 3.63) is 23.5 Å². The van der Waals surface area contributed by atoms with E-state index in [9.17, 15) is 4.79 Å². The van der Waals surface area contributed by atoms with Crippen LogP contribution in [0.2, 0.25) is 0 Å². The van der Waals surface area contributed by atoms with Gasteiger partial charge in [0.2, 0.25) is 0 Å². The molecule has 0 aromatic carbocycles. The Labute approximate surface area is 103 Å². The highest BCUT2D eigenvalue weighted by atomic mass is 79.9. The van der Waals surface area contributed by atoms with Gasteiger partial charge in [0.15, 0.2) is 5.60 Å². The fourth-order valence-corrected chi connectivity index (χ4v) is 2.10. The van der Waals surface area contributed by atoms with E-state index in [0.29, 0.717) is 11.8 Å². The highest BCUT2D eigenvalue weighted by Crippen LogP contribution is 2.31. The normalized spacial score (nSPS) is 24.5. The second-order valence-electron chi connectivity index (χ2n) is 3.38. The molecule has 0 fully saturated rings. The van der Waals surface area contributed by atoms with Crippen LogP contribution in [0.1, 0.15) is 6.42 Å². The number of rotatable bonds is 4. The van der Waals surface area contributed by atoms with E-state index in [0.717, 1.165) is 11.3 Å². The van der Waals surface area contributed by atoms with Crippen LogP contribution >= 0.6 is 15.9 Å². The van der Waals surface area contributed by atoms with E-state index in [1.807, 2.05) is 6.08 Å². The molecule has 0 saturated heterocycles. The molecule has 0 heterocycles. The molecule has 0 radical (unpaired) electrons. The molecule has 16 heavy (non-hydrogen) atoms. The first kappa shape index (κ1) is 13.3. The van der Waals surface area contributed by atoms with Crippen LogP contribution < -0.4 is 0 Å². The number of esters is 1. The van der Waals surface area contributed by atoms with E-state index in [-0.39, 0.29) is 0 Å². The van der Waals surface area contributed by atoms with E-state index in [2.05, 4.69) is 15.9 Å². The molecule has 0 aliphatic heterocycles. The van der Waals surface area contributed by atoms with Crippen molar-refractivity contribution in [2.45, 2.75) is 12.0 Å². The Morgan fingerprint density at radius 2 is 2.19 bits per heavy atom. The summed E-state index contributed by atoms with van der Waals surface area (Å²) in [5, 5.41) is 0.674. The molecule has 0 spiro atoms. The summed E-state index contributed by atoms with van der Waals surface area (Å²) in [6.45, 7) is 0. The maximum atomic E-state index is 11.7. The number of ether oxygens (including phenoxy) is 3. The van der Waals surface area contributed by atoms with Crippen LogP contribution in [0.4, 0.5) is 0 Å². The smallest absolute Gasteiger partial charge is 0.342 e. The molecule has 0 aromatic heterocycles. The second kappa shape index (κ2) is 5.50. The molecule has 0 N–H and O–H groups in total. The lowest BCUT2D eigenvalue weighted by atomic mass is 9.91. The summed E-state index contributed by atoms with van der Waals surface area (Å²) in [7, 11) is 4.40. The minimum Gasteiger partial charge on any atom is -0.501 e. The van der Waals surface area contributed by atoms with E-state index in [1.165, 1.54) is 14.2 Å². The zero-order valence-corrected chi connectivity index (χ0v) is 11.2. The summed E-state index contributed by atoms with van der Waals surface area (Å²) in [6.07, 6.45) is 3.87. The molecule has 90 valence electrons. The lowest BCUT2D eigenvalue weighted by molar-refractivity contribution is -0.161. The van der Waals surface area contributed by atoms with Gasteiger partial charge in [0.1, 0.15) is 5.76 Å². The standard InChI is InChI=1S/C11H15BrO4/c1-14-9-6-11(16-3,10(13)15-2)5-4-8(9)7-12/h4-5H,6-7H2,1-3H3. The third-order valence-corrected chi connectivity index (χ3v) is 3.22. The van der Waals surface area contributed by atoms with Crippen LogP contribution in [0.15, 0.2) is 23.5 Å². The molecule has 1 aliphatic carbocycles. The number of hydrogen-bond acceptors (Lipinski definition) is 4. The molecule has 5 heteroatoms. The first-order chi connectivity index (χ1) is 7.63. The third-order valence-electron chi connectivity index (χ3n) is 2.62. The predicted octanol–water partition coefficient (Wildman–Crippen LogP) is 1.80. The average molecular weight is 291 g/mol. The molecule has 0 bridgehead atoms. The van der Waals surface area contributed by atoms with Gasteiger partial charge in [-0.1, -0.05) is 22.0 Å². The van der Waals surface area contributed by atoms with Crippen molar-refractivity contribution in [3.8, 4) is 0 Å². The van der Waals surface area contributed by atoms with Crippen molar-refractivity contribution in [2.24, 2.45) is 0 Å². The van der Waals surface area contributed by atoms with Crippen LogP contribution in [0.3, 0.4) is 0 Å². The number of methoxy groups -OCH3 is 3. The largest absolute Gasteiger partial charge is 0.501 e. The second-order valence-corrected chi connectivity index (χ2v) is 3.94. The lowest BCUT2D eigenvalue weighted by Crippen LogP contribution is -2.41. The van der Waals surface area contributed by atoms with Gasteiger partial charge in [0.05, 0.1) is 14.2 Å². The molecular weight excluding hydrogens is 276 g/mol. The van der Waals surface area contributed by atoms with Crippen molar-refractivity contribution in [3.63, 3.8) is 0 Å². The van der Waals surface area contributed by atoms with Crippen LogP contribution in [-0.2, 0) is 19.0 Å². The zero-order chi connectivity index (χ0) is 12.2. The predicted molar refractivity (Wildman–Crippen MR) is 63.3 cm³/mol. The number of allylic oxidation sites excluding steroid dienone is 2. The maximum Gasteiger partial charge on any atom is 0.342 e. The van der Waals surface area contributed by atoms with Crippen molar-refractivity contribution in [1.82, 2.24) is 0 Å². The molecule has 1 rings (SSSR count). The molecule has 1 aliphatic rings. The van der Waals surface area contributed by atoms with E-state index >= 15 is 0 Å². The Morgan fingerprint density at radius 1 is 1.50 bits per heavy atom. The highest BCUT2D eigenvalue weighted by molar-refractivity contribution is 9.09. The van der Waals surface area contributed by atoms with E-state index in [4.69, 9.17) is 14.2 Å². The van der Waals surface area contributed by atoms with Gasteiger partial charge >= 0.3 is 5.97 Å². The quantitative estimate of drug-likeness (QED) is 0.585. The molecule has 0 amide bonds. The van der Waals surface area contributed by atoms with Crippen LogP contribution in [0, 0.1) is 0 Å². The Bertz CT molecular complexity index is 335. The Morgan fingerprint density at radius 3 is 2.62 bits per heavy atom. The number of carbonyl (C=O) groups excluding carboxylic acids is 1. The maximum absolute atomic E-state index is 11.7. The highest BCUT2D eigenvalue weighted by Gasteiger charge is 2.41. The summed E-state index contributed by atoms with van der Waals surface area (Å²) in [4.78, 5) is 11.7. The number of halogens is 1. The minimum absolute atomic E-state index is 0.351. The fraction of sp³-hybridized carbons (Fsp3) is 0.545. The first-order valence-corrected chi connectivity index (χ1v) is 5.90. The van der Waals surface area contributed by atoms with Gasteiger partial charge in [-0.25, -0.2) is 4.79 Å².